The number of aryl methyl sites for hydroxylation is 2. The Balaban J connectivity index is 2.50. The van der Waals surface area contributed by atoms with Crippen LogP contribution >= 0.6 is 0 Å². The van der Waals surface area contributed by atoms with Gasteiger partial charge in [-0.05, 0) is 19.4 Å². The molecule has 1 aromatic heterocycles. The highest BCUT2D eigenvalue weighted by atomic mass is 16.5. The van der Waals surface area contributed by atoms with E-state index in [0.29, 0.717) is 19.6 Å². The van der Waals surface area contributed by atoms with Gasteiger partial charge in [-0.15, -0.1) is 0 Å². The van der Waals surface area contributed by atoms with Crippen LogP contribution in [-0.4, -0.2) is 47.3 Å². The molecule has 18 heavy (non-hydrogen) atoms. The van der Waals surface area contributed by atoms with Crippen molar-refractivity contribution in [3.63, 3.8) is 0 Å². The molecule has 2 N–H and O–H groups in total. The first-order valence-corrected chi connectivity index (χ1v) is 6.42. The Bertz CT molecular complexity index is 361. The third-order valence-corrected chi connectivity index (χ3v) is 2.94. The average molecular weight is 255 g/mol. The van der Waals surface area contributed by atoms with Crippen LogP contribution in [0, 0.1) is 0 Å². The summed E-state index contributed by atoms with van der Waals surface area (Å²) in [6.07, 6.45) is 1.51. The Hall–Kier alpha value is -0.910. The molecule has 104 valence electrons. The highest BCUT2D eigenvalue weighted by Crippen LogP contribution is 2.13. The number of hydrogen-bond donors (Lipinski definition) is 2. The molecular formula is C13H25N3O2. The lowest BCUT2D eigenvalue weighted by Crippen LogP contribution is -2.41. The van der Waals surface area contributed by atoms with Crippen molar-refractivity contribution >= 4 is 0 Å². The highest BCUT2D eigenvalue weighted by molar-refractivity contribution is 5.12. The zero-order chi connectivity index (χ0) is 13.6. The number of nitrogens with zero attached hydrogens (tertiary/aromatic N) is 2. The van der Waals surface area contributed by atoms with Crippen molar-refractivity contribution in [2.24, 2.45) is 7.05 Å². The molecule has 0 aromatic carbocycles. The molecule has 0 fully saturated rings. The van der Waals surface area contributed by atoms with Crippen LogP contribution in [0.3, 0.4) is 0 Å². The SMILES string of the molecule is CCc1cc(CC(C)(O)CNCCOC)n(C)n1. The maximum Gasteiger partial charge on any atom is 0.0798 e. The van der Waals surface area contributed by atoms with Crippen LogP contribution < -0.4 is 5.32 Å². The summed E-state index contributed by atoms with van der Waals surface area (Å²) in [5, 5.41) is 17.9. The van der Waals surface area contributed by atoms with Crippen LogP contribution in [0.5, 0.6) is 0 Å². The first-order chi connectivity index (χ1) is 8.48. The lowest BCUT2D eigenvalue weighted by Gasteiger charge is -2.23. The van der Waals surface area contributed by atoms with Crippen molar-refractivity contribution in [3.05, 3.63) is 17.5 Å². The van der Waals surface area contributed by atoms with Gasteiger partial charge in [0.2, 0.25) is 0 Å². The normalized spacial score (nSPS) is 14.7. The molecule has 0 saturated carbocycles. The fraction of sp³-hybridized carbons (Fsp3) is 0.769. The smallest absolute Gasteiger partial charge is 0.0798 e. The van der Waals surface area contributed by atoms with E-state index in [1.165, 1.54) is 0 Å². The molecule has 1 atom stereocenters. The molecule has 0 aliphatic heterocycles. The Morgan fingerprint density at radius 1 is 1.56 bits per heavy atom. The number of rotatable bonds is 8. The van der Waals surface area contributed by atoms with E-state index in [2.05, 4.69) is 23.4 Å². The predicted molar refractivity (Wildman–Crippen MR) is 71.7 cm³/mol. The molecule has 1 heterocycles. The largest absolute Gasteiger partial charge is 0.388 e. The molecule has 0 amide bonds. The standard InChI is InChI=1S/C13H25N3O2/c1-5-11-8-12(16(3)15-11)9-13(2,17)10-14-6-7-18-4/h8,14,17H,5-7,9-10H2,1-4H3. The van der Waals surface area contributed by atoms with Crippen LogP contribution in [0.25, 0.3) is 0 Å². The maximum atomic E-state index is 10.3. The predicted octanol–water partition coefficient (Wildman–Crippen LogP) is 0.512. The highest BCUT2D eigenvalue weighted by Gasteiger charge is 2.22. The summed E-state index contributed by atoms with van der Waals surface area (Å²) >= 11 is 0. The van der Waals surface area contributed by atoms with Crippen LogP contribution in [0.2, 0.25) is 0 Å². The van der Waals surface area contributed by atoms with Crippen LogP contribution in [0.15, 0.2) is 6.07 Å². The lowest BCUT2D eigenvalue weighted by molar-refractivity contribution is 0.0563. The second-order valence-corrected chi connectivity index (χ2v) is 4.95. The molecule has 5 heteroatoms. The summed E-state index contributed by atoms with van der Waals surface area (Å²) in [7, 11) is 3.59. The van der Waals surface area contributed by atoms with Crippen molar-refractivity contribution in [1.29, 1.82) is 0 Å². The van der Waals surface area contributed by atoms with E-state index >= 15 is 0 Å². The van der Waals surface area contributed by atoms with Gasteiger partial charge in [0.1, 0.15) is 0 Å². The summed E-state index contributed by atoms with van der Waals surface area (Å²) in [4.78, 5) is 0. The molecule has 0 saturated heterocycles. The second kappa shape index (κ2) is 6.87. The maximum absolute atomic E-state index is 10.3. The number of aliphatic hydroxyl groups is 1. The van der Waals surface area contributed by atoms with Crippen molar-refractivity contribution < 1.29 is 9.84 Å². The quantitative estimate of drug-likeness (QED) is 0.665. The van der Waals surface area contributed by atoms with Gasteiger partial charge >= 0.3 is 0 Å². The molecule has 0 aliphatic carbocycles. The molecule has 0 radical (unpaired) electrons. The number of aromatic nitrogens is 2. The van der Waals surface area contributed by atoms with E-state index in [4.69, 9.17) is 4.74 Å². The molecular weight excluding hydrogens is 230 g/mol. The number of methoxy groups -OCH3 is 1. The fourth-order valence-electron chi connectivity index (χ4n) is 1.89. The molecule has 1 rings (SSSR count). The number of nitrogens with one attached hydrogen (secondary N) is 1. The zero-order valence-corrected chi connectivity index (χ0v) is 11.9. The first-order valence-electron chi connectivity index (χ1n) is 6.42. The lowest BCUT2D eigenvalue weighted by atomic mass is 10.00. The molecule has 0 spiro atoms. The fourth-order valence-corrected chi connectivity index (χ4v) is 1.89. The number of ether oxygens (including phenoxy) is 1. The van der Waals surface area contributed by atoms with Gasteiger partial charge in [-0.3, -0.25) is 4.68 Å². The molecule has 0 bridgehead atoms. The minimum absolute atomic E-state index is 0.545. The summed E-state index contributed by atoms with van der Waals surface area (Å²) in [5.74, 6) is 0. The third-order valence-electron chi connectivity index (χ3n) is 2.94. The van der Waals surface area contributed by atoms with Gasteiger partial charge in [-0.25, -0.2) is 0 Å². The van der Waals surface area contributed by atoms with E-state index in [1.54, 1.807) is 7.11 Å². The van der Waals surface area contributed by atoms with Gasteiger partial charge < -0.3 is 15.2 Å². The van der Waals surface area contributed by atoms with Crippen molar-refractivity contribution in [2.45, 2.75) is 32.3 Å². The molecule has 5 nitrogen and oxygen atoms in total. The van der Waals surface area contributed by atoms with E-state index in [0.717, 1.165) is 24.4 Å². The molecule has 1 unspecified atom stereocenters. The Kier molecular flexibility index (Phi) is 5.78. The van der Waals surface area contributed by atoms with E-state index in [1.807, 2.05) is 18.7 Å². The Labute approximate surface area is 109 Å². The van der Waals surface area contributed by atoms with E-state index in [-0.39, 0.29) is 0 Å². The van der Waals surface area contributed by atoms with Crippen molar-refractivity contribution in [1.82, 2.24) is 15.1 Å². The van der Waals surface area contributed by atoms with Crippen LogP contribution in [-0.2, 0) is 24.6 Å². The molecule has 1 aromatic rings. The summed E-state index contributed by atoms with van der Waals surface area (Å²) in [6.45, 7) is 5.87. The topological polar surface area (TPSA) is 59.3 Å². The minimum atomic E-state index is -0.771. The Morgan fingerprint density at radius 3 is 2.83 bits per heavy atom. The van der Waals surface area contributed by atoms with Gasteiger partial charge in [-0.2, -0.15) is 5.10 Å². The Morgan fingerprint density at radius 2 is 2.28 bits per heavy atom. The summed E-state index contributed by atoms with van der Waals surface area (Å²) in [5.41, 5.74) is 1.35. The van der Waals surface area contributed by atoms with Crippen molar-refractivity contribution in [2.75, 3.05) is 26.8 Å². The van der Waals surface area contributed by atoms with Gasteiger partial charge in [0.25, 0.3) is 0 Å². The van der Waals surface area contributed by atoms with Gasteiger partial charge in [0, 0.05) is 39.4 Å². The van der Waals surface area contributed by atoms with Gasteiger partial charge in [0.05, 0.1) is 17.9 Å². The zero-order valence-electron chi connectivity index (χ0n) is 11.9. The monoisotopic (exact) mass is 255 g/mol. The summed E-state index contributed by atoms with van der Waals surface area (Å²) < 4.78 is 6.80. The summed E-state index contributed by atoms with van der Waals surface area (Å²) in [6, 6.07) is 2.06. The van der Waals surface area contributed by atoms with Crippen molar-refractivity contribution in [3.8, 4) is 0 Å². The van der Waals surface area contributed by atoms with Crippen LogP contribution in [0.4, 0.5) is 0 Å². The van der Waals surface area contributed by atoms with Gasteiger partial charge in [-0.1, -0.05) is 6.92 Å². The average Bonchev–Trinajstić information content (AvgIpc) is 2.65. The first kappa shape index (κ1) is 15.1. The van der Waals surface area contributed by atoms with E-state index < -0.39 is 5.60 Å². The minimum Gasteiger partial charge on any atom is -0.388 e. The van der Waals surface area contributed by atoms with E-state index in [9.17, 15) is 5.11 Å². The number of hydrogen-bond acceptors (Lipinski definition) is 4. The third kappa shape index (κ3) is 4.76. The second-order valence-electron chi connectivity index (χ2n) is 4.95. The molecule has 0 aliphatic rings. The van der Waals surface area contributed by atoms with Gasteiger partial charge in [0.15, 0.2) is 0 Å². The van der Waals surface area contributed by atoms with Crippen LogP contribution in [0.1, 0.15) is 25.2 Å².